The molecule has 0 atom stereocenters. The topological polar surface area (TPSA) is 48.0 Å². The lowest BCUT2D eigenvalue weighted by atomic mass is 10.1. The molecule has 0 N–H and O–H groups in total. The van der Waals surface area contributed by atoms with Gasteiger partial charge in [-0.05, 0) is 56.7 Å². The number of nitrogens with zero attached hydrogens (tertiary/aromatic N) is 2. The maximum absolute atomic E-state index is 12.2. The van der Waals surface area contributed by atoms with E-state index in [0.717, 1.165) is 33.3 Å². The van der Waals surface area contributed by atoms with Crippen LogP contribution in [0.5, 0.6) is 0 Å². The molecule has 0 aliphatic rings. The Hall–Kier alpha value is -2.59. The third kappa shape index (κ3) is 3.74. The van der Waals surface area contributed by atoms with Gasteiger partial charge < -0.3 is 4.42 Å². The first-order valence-corrected chi connectivity index (χ1v) is 8.40. The number of halogens is 1. The van der Waals surface area contributed by atoms with Crippen molar-refractivity contribution < 1.29 is 9.21 Å². The Kier molecular flexibility index (Phi) is 4.91. The zero-order valence-electron chi connectivity index (χ0n) is 14.4. The van der Waals surface area contributed by atoms with Crippen LogP contribution in [-0.4, -0.2) is 15.6 Å². The number of carbonyl (C=O) groups excluding carboxylic acids is 1. The van der Waals surface area contributed by atoms with E-state index in [4.69, 9.17) is 16.0 Å². The summed E-state index contributed by atoms with van der Waals surface area (Å²) in [5, 5.41) is 5.29. The summed E-state index contributed by atoms with van der Waals surface area (Å²) in [5.41, 5.74) is 3.79. The highest BCUT2D eigenvalue weighted by atomic mass is 35.5. The molecule has 0 saturated heterocycles. The van der Waals surface area contributed by atoms with Crippen LogP contribution in [0.1, 0.15) is 38.8 Å². The van der Waals surface area contributed by atoms with E-state index in [1.165, 1.54) is 6.08 Å². The first-order chi connectivity index (χ1) is 12.0. The minimum Gasteiger partial charge on any atom is -0.458 e. The first-order valence-electron chi connectivity index (χ1n) is 8.02. The minimum absolute atomic E-state index is 0.161. The van der Waals surface area contributed by atoms with Gasteiger partial charge in [-0.2, -0.15) is 5.10 Å². The van der Waals surface area contributed by atoms with Crippen LogP contribution in [0.3, 0.4) is 0 Å². The molecule has 0 spiro atoms. The summed E-state index contributed by atoms with van der Waals surface area (Å²) in [6, 6.07) is 11.2. The van der Waals surface area contributed by atoms with Crippen molar-refractivity contribution >= 4 is 23.5 Å². The van der Waals surface area contributed by atoms with Gasteiger partial charge in [-0.25, -0.2) is 0 Å². The molecule has 0 aliphatic heterocycles. The Morgan fingerprint density at radius 3 is 2.64 bits per heavy atom. The summed E-state index contributed by atoms with van der Waals surface area (Å²) in [6.07, 6.45) is 3.32. The zero-order chi connectivity index (χ0) is 18.0. The van der Waals surface area contributed by atoms with Gasteiger partial charge >= 0.3 is 0 Å². The van der Waals surface area contributed by atoms with Crippen LogP contribution in [0.2, 0.25) is 5.02 Å². The molecule has 1 aromatic carbocycles. The fourth-order valence-electron chi connectivity index (χ4n) is 2.70. The molecular weight excluding hydrogens is 336 g/mol. The van der Waals surface area contributed by atoms with E-state index in [9.17, 15) is 4.79 Å². The van der Waals surface area contributed by atoms with E-state index >= 15 is 0 Å². The summed E-state index contributed by atoms with van der Waals surface area (Å²) >= 11 is 6.24. The molecule has 0 bridgehead atoms. The van der Waals surface area contributed by atoms with Crippen molar-refractivity contribution in [2.45, 2.75) is 27.3 Å². The molecule has 0 radical (unpaired) electrons. The third-order valence-electron chi connectivity index (χ3n) is 4.10. The van der Waals surface area contributed by atoms with Crippen molar-refractivity contribution in [1.82, 2.24) is 9.78 Å². The van der Waals surface area contributed by atoms with E-state index < -0.39 is 0 Å². The van der Waals surface area contributed by atoms with Crippen LogP contribution in [-0.2, 0) is 6.54 Å². The van der Waals surface area contributed by atoms with Gasteiger partial charge in [-0.15, -0.1) is 0 Å². The number of aryl methyl sites for hydroxylation is 2. The normalized spacial score (nSPS) is 11.4. The monoisotopic (exact) mass is 354 g/mol. The smallest absolute Gasteiger partial charge is 0.221 e. The molecule has 25 heavy (non-hydrogen) atoms. The average Bonchev–Trinajstić information content (AvgIpc) is 3.12. The molecule has 0 saturated carbocycles. The largest absolute Gasteiger partial charge is 0.458 e. The molecule has 0 aliphatic carbocycles. The summed E-state index contributed by atoms with van der Waals surface area (Å²) in [7, 11) is 0. The predicted octanol–water partition coefficient (Wildman–Crippen LogP) is 5.00. The lowest BCUT2D eigenvalue weighted by molar-refractivity contribution is 0.102. The first kappa shape index (κ1) is 17.2. The fraction of sp³-hybridized carbons (Fsp3) is 0.200. The van der Waals surface area contributed by atoms with Crippen molar-refractivity contribution in [3.63, 3.8) is 0 Å². The zero-order valence-corrected chi connectivity index (χ0v) is 15.2. The number of allylic oxidation sites excluding steroid dienone is 1. The summed E-state index contributed by atoms with van der Waals surface area (Å²) < 4.78 is 7.26. The number of aromatic nitrogens is 2. The maximum Gasteiger partial charge on any atom is 0.221 e. The van der Waals surface area contributed by atoms with E-state index in [1.54, 1.807) is 18.2 Å². The van der Waals surface area contributed by atoms with E-state index in [-0.39, 0.29) is 5.78 Å². The number of hydrogen-bond acceptors (Lipinski definition) is 3. The summed E-state index contributed by atoms with van der Waals surface area (Å²) in [5.74, 6) is 0.898. The van der Waals surface area contributed by atoms with Crippen LogP contribution in [0.4, 0.5) is 0 Å². The molecule has 4 nitrogen and oxygen atoms in total. The highest BCUT2D eigenvalue weighted by molar-refractivity contribution is 6.31. The van der Waals surface area contributed by atoms with Crippen LogP contribution in [0, 0.1) is 20.8 Å². The van der Waals surface area contributed by atoms with E-state index in [1.807, 2.05) is 49.7 Å². The van der Waals surface area contributed by atoms with Gasteiger partial charge in [0, 0.05) is 16.3 Å². The van der Waals surface area contributed by atoms with Crippen molar-refractivity contribution in [2.75, 3.05) is 0 Å². The Morgan fingerprint density at radius 1 is 1.20 bits per heavy atom. The Balaban J connectivity index is 1.83. The number of ketones is 1. The second-order valence-corrected chi connectivity index (χ2v) is 6.35. The number of rotatable bonds is 5. The van der Waals surface area contributed by atoms with Gasteiger partial charge in [-0.3, -0.25) is 9.48 Å². The van der Waals surface area contributed by atoms with Gasteiger partial charge in [0.05, 0.1) is 12.2 Å². The number of carbonyl (C=O) groups is 1. The number of hydrogen-bond donors (Lipinski definition) is 0. The highest BCUT2D eigenvalue weighted by Crippen LogP contribution is 2.20. The standard InChI is InChI=1S/C20H19ClN2O2/c1-13-8-11-20(25-13)19(24)10-9-17-14(2)22-23(15(17)3)12-16-6-4-5-7-18(16)21/h4-11H,12H2,1-3H3/b10-9+. The lowest BCUT2D eigenvalue weighted by Gasteiger charge is -2.06. The second kappa shape index (κ2) is 7.11. The van der Waals surface area contributed by atoms with Gasteiger partial charge in [0.1, 0.15) is 5.76 Å². The SMILES string of the molecule is Cc1ccc(C(=O)/C=C/c2c(C)nn(Cc3ccccc3Cl)c2C)o1. The molecule has 128 valence electrons. The molecule has 0 amide bonds. The molecule has 3 aromatic rings. The number of benzene rings is 1. The maximum atomic E-state index is 12.2. The van der Waals surface area contributed by atoms with Crippen LogP contribution < -0.4 is 0 Å². The van der Waals surface area contributed by atoms with Crippen molar-refractivity contribution in [1.29, 1.82) is 0 Å². The Labute approximate surface area is 151 Å². The predicted molar refractivity (Wildman–Crippen MR) is 99.1 cm³/mol. The van der Waals surface area contributed by atoms with Crippen LogP contribution in [0.15, 0.2) is 46.9 Å². The quantitative estimate of drug-likeness (QED) is 0.478. The lowest BCUT2D eigenvalue weighted by Crippen LogP contribution is -2.04. The Morgan fingerprint density at radius 2 is 1.96 bits per heavy atom. The van der Waals surface area contributed by atoms with Crippen LogP contribution in [0.25, 0.3) is 6.08 Å². The Bertz CT molecular complexity index is 951. The number of furan rings is 1. The van der Waals surface area contributed by atoms with E-state index in [2.05, 4.69) is 5.10 Å². The third-order valence-corrected chi connectivity index (χ3v) is 4.47. The summed E-state index contributed by atoms with van der Waals surface area (Å²) in [4.78, 5) is 12.2. The molecule has 0 fully saturated rings. The van der Waals surface area contributed by atoms with Crippen molar-refractivity contribution in [2.24, 2.45) is 0 Å². The second-order valence-electron chi connectivity index (χ2n) is 5.94. The molecular formula is C20H19ClN2O2. The van der Waals surface area contributed by atoms with Crippen LogP contribution >= 0.6 is 11.6 Å². The van der Waals surface area contributed by atoms with Gasteiger partial charge in [0.25, 0.3) is 0 Å². The summed E-state index contributed by atoms with van der Waals surface area (Å²) in [6.45, 7) is 6.31. The molecule has 3 rings (SSSR count). The van der Waals surface area contributed by atoms with E-state index in [0.29, 0.717) is 12.3 Å². The van der Waals surface area contributed by atoms with Crippen molar-refractivity contribution in [3.8, 4) is 0 Å². The molecule has 2 heterocycles. The van der Waals surface area contributed by atoms with Gasteiger partial charge in [0.15, 0.2) is 5.76 Å². The van der Waals surface area contributed by atoms with Gasteiger partial charge in [-0.1, -0.05) is 29.8 Å². The minimum atomic E-state index is -0.161. The van der Waals surface area contributed by atoms with Crippen molar-refractivity contribution in [3.05, 3.63) is 81.5 Å². The molecule has 2 aromatic heterocycles. The average molecular weight is 355 g/mol. The highest BCUT2D eigenvalue weighted by Gasteiger charge is 2.12. The van der Waals surface area contributed by atoms with Gasteiger partial charge in [0.2, 0.25) is 5.78 Å². The fourth-order valence-corrected chi connectivity index (χ4v) is 2.90. The molecule has 5 heteroatoms. The molecule has 0 unspecified atom stereocenters.